The maximum absolute atomic E-state index is 5.78. The molecule has 0 bridgehead atoms. The third-order valence-corrected chi connectivity index (χ3v) is 3.85. The first-order valence-corrected chi connectivity index (χ1v) is 7.29. The maximum atomic E-state index is 5.78. The predicted octanol–water partition coefficient (Wildman–Crippen LogP) is 2.75. The molecule has 0 amide bonds. The van der Waals surface area contributed by atoms with Crippen LogP contribution in [0, 0.1) is 6.92 Å². The van der Waals surface area contributed by atoms with Crippen LogP contribution in [-0.2, 0) is 6.54 Å². The molecule has 5 nitrogen and oxygen atoms in total. The van der Waals surface area contributed by atoms with E-state index < -0.39 is 0 Å². The van der Waals surface area contributed by atoms with E-state index in [0.717, 1.165) is 37.7 Å². The van der Waals surface area contributed by atoms with Gasteiger partial charge in [-0.1, -0.05) is 13.8 Å². The molecule has 1 aliphatic rings. The lowest BCUT2D eigenvalue weighted by Crippen LogP contribution is -2.21. The van der Waals surface area contributed by atoms with Crippen molar-refractivity contribution in [3.63, 3.8) is 0 Å². The second-order valence-corrected chi connectivity index (χ2v) is 5.99. The van der Waals surface area contributed by atoms with Crippen molar-refractivity contribution in [1.82, 2.24) is 19.7 Å². The minimum absolute atomic E-state index is 0.398. The molecule has 0 N–H and O–H groups in total. The Labute approximate surface area is 119 Å². The Morgan fingerprint density at radius 3 is 2.90 bits per heavy atom. The normalized spacial score (nSPS) is 20.1. The molecule has 1 fully saturated rings. The van der Waals surface area contributed by atoms with Gasteiger partial charge in [0.05, 0.1) is 25.0 Å². The molecule has 1 aliphatic heterocycles. The van der Waals surface area contributed by atoms with E-state index in [-0.39, 0.29) is 0 Å². The van der Waals surface area contributed by atoms with Gasteiger partial charge in [0.2, 0.25) is 5.89 Å². The SMILES string of the molecule is Cc1cnn(C2CCN(Cc3ncc(C(C)C)o3)C2)c1. The first-order valence-electron chi connectivity index (χ1n) is 7.29. The van der Waals surface area contributed by atoms with Crippen molar-refractivity contribution in [2.75, 3.05) is 13.1 Å². The minimum Gasteiger partial charge on any atom is -0.444 e. The second kappa shape index (κ2) is 5.40. The summed E-state index contributed by atoms with van der Waals surface area (Å²) in [6, 6.07) is 0.475. The molecule has 0 aromatic carbocycles. The number of aromatic nitrogens is 3. The van der Waals surface area contributed by atoms with Crippen molar-refractivity contribution in [2.24, 2.45) is 0 Å². The molecule has 0 saturated carbocycles. The van der Waals surface area contributed by atoms with Crippen LogP contribution in [0.15, 0.2) is 23.0 Å². The van der Waals surface area contributed by atoms with Crippen LogP contribution in [-0.4, -0.2) is 32.8 Å². The van der Waals surface area contributed by atoms with E-state index in [1.807, 2.05) is 12.4 Å². The number of nitrogens with zero attached hydrogens (tertiary/aromatic N) is 4. The molecule has 2 aromatic heterocycles. The zero-order valence-corrected chi connectivity index (χ0v) is 12.4. The summed E-state index contributed by atoms with van der Waals surface area (Å²) in [5, 5.41) is 4.42. The summed E-state index contributed by atoms with van der Waals surface area (Å²) < 4.78 is 7.86. The Morgan fingerprint density at radius 2 is 2.25 bits per heavy atom. The molecule has 108 valence electrons. The van der Waals surface area contributed by atoms with Crippen molar-refractivity contribution in [1.29, 1.82) is 0 Å². The third kappa shape index (κ3) is 2.77. The second-order valence-electron chi connectivity index (χ2n) is 5.99. The van der Waals surface area contributed by atoms with E-state index in [1.165, 1.54) is 5.56 Å². The van der Waals surface area contributed by atoms with Gasteiger partial charge in [-0.05, 0) is 18.9 Å². The predicted molar refractivity (Wildman–Crippen MR) is 76.5 cm³/mol. The van der Waals surface area contributed by atoms with E-state index in [1.54, 1.807) is 0 Å². The largest absolute Gasteiger partial charge is 0.444 e. The Kier molecular flexibility index (Phi) is 3.61. The average molecular weight is 274 g/mol. The Bertz CT molecular complexity index is 572. The van der Waals surface area contributed by atoms with Crippen LogP contribution in [0.5, 0.6) is 0 Å². The molecule has 1 atom stereocenters. The highest BCUT2D eigenvalue weighted by atomic mass is 16.4. The van der Waals surface area contributed by atoms with E-state index in [0.29, 0.717) is 12.0 Å². The van der Waals surface area contributed by atoms with Gasteiger partial charge in [0.25, 0.3) is 0 Å². The smallest absolute Gasteiger partial charge is 0.208 e. The summed E-state index contributed by atoms with van der Waals surface area (Å²) in [6.45, 7) is 9.20. The minimum atomic E-state index is 0.398. The van der Waals surface area contributed by atoms with Crippen molar-refractivity contribution < 1.29 is 4.42 Å². The summed E-state index contributed by atoms with van der Waals surface area (Å²) in [4.78, 5) is 6.76. The topological polar surface area (TPSA) is 47.1 Å². The van der Waals surface area contributed by atoms with Crippen molar-refractivity contribution in [3.05, 3.63) is 35.8 Å². The molecule has 20 heavy (non-hydrogen) atoms. The number of likely N-dealkylation sites (tertiary alicyclic amines) is 1. The summed E-state index contributed by atoms with van der Waals surface area (Å²) in [5.41, 5.74) is 1.22. The van der Waals surface area contributed by atoms with Crippen LogP contribution in [0.2, 0.25) is 0 Å². The quantitative estimate of drug-likeness (QED) is 0.860. The maximum Gasteiger partial charge on any atom is 0.208 e. The van der Waals surface area contributed by atoms with Gasteiger partial charge in [-0.2, -0.15) is 5.10 Å². The van der Waals surface area contributed by atoms with E-state index >= 15 is 0 Å². The monoisotopic (exact) mass is 274 g/mol. The first kappa shape index (κ1) is 13.4. The molecule has 2 aromatic rings. The molecular weight excluding hydrogens is 252 g/mol. The summed E-state index contributed by atoms with van der Waals surface area (Å²) in [7, 11) is 0. The lowest BCUT2D eigenvalue weighted by molar-refractivity contribution is 0.272. The molecule has 1 saturated heterocycles. The molecule has 1 unspecified atom stereocenters. The number of oxazole rings is 1. The van der Waals surface area contributed by atoms with Crippen molar-refractivity contribution in [3.8, 4) is 0 Å². The molecule has 3 rings (SSSR count). The standard InChI is InChI=1S/C15H22N4O/c1-11(2)14-7-16-15(20-14)10-18-5-4-13(9-18)19-8-12(3)6-17-19/h6-8,11,13H,4-5,9-10H2,1-3H3. The molecule has 5 heteroatoms. The fourth-order valence-corrected chi connectivity index (χ4v) is 2.66. The van der Waals surface area contributed by atoms with Gasteiger partial charge in [0.1, 0.15) is 5.76 Å². The highest BCUT2D eigenvalue weighted by molar-refractivity contribution is 5.02. The summed E-state index contributed by atoms with van der Waals surface area (Å²) >= 11 is 0. The van der Waals surface area contributed by atoms with E-state index in [9.17, 15) is 0 Å². The van der Waals surface area contributed by atoms with Crippen molar-refractivity contribution in [2.45, 2.75) is 45.7 Å². The van der Waals surface area contributed by atoms with Gasteiger partial charge in [0.15, 0.2) is 0 Å². The Balaban J connectivity index is 1.59. The van der Waals surface area contributed by atoms with Gasteiger partial charge in [0, 0.05) is 25.2 Å². The zero-order chi connectivity index (χ0) is 14.1. The lowest BCUT2D eigenvalue weighted by Gasteiger charge is -2.14. The summed E-state index contributed by atoms with van der Waals surface area (Å²) in [6.07, 6.45) is 7.03. The fraction of sp³-hybridized carbons (Fsp3) is 0.600. The van der Waals surface area contributed by atoms with Crippen LogP contribution in [0.3, 0.4) is 0 Å². The number of hydrogen-bond acceptors (Lipinski definition) is 4. The van der Waals surface area contributed by atoms with E-state index in [2.05, 4.69) is 46.6 Å². The zero-order valence-electron chi connectivity index (χ0n) is 12.4. The van der Waals surface area contributed by atoms with Gasteiger partial charge in [-0.25, -0.2) is 4.98 Å². The van der Waals surface area contributed by atoms with Crippen LogP contribution in [0.25, 0.3) is 0 Å². The summed E-state index contributed by atoms with van der Waals surface area (Å²) in [5.74, 6) is 2.19. The third-order valence-electron chi connectivity index (χ3n) is 3.85. The first-order chi connectivity index (χ1) is 9.61. The van der Waals surface area contributed by atoms with E-state index in [4.69, 9.17) is 4.42 Å². The average Bonchev–Trinajstić information content (AvgIpc) is 3.09. The van der Waals surface area contributed by atoms with Crippen LogP contribution in [0.4, 0.5) is 0 Å². The lowest BCUT2D eigenvalue weighted by atomic mass is 10.2. The van der Waals surface area contributed by atoms with Crippen LogP contribution in [0.1, 0.15) is 49.4 Å². The highest BCUT2D eigenvalue weighted by Crippen LogP contribution is 2.23. The Hall–Kier alpha value is -1.62. The van der Waals surface area contributed by atoms with Gasteiger partial charge in [-0.3, -0.25) is 9.58 Å². The van der Waals surface area contributed by atoms with Gasteiger partial charge in [-0.15, -0.1) is 0 Å². The number of rotatable bonds is 4. The van der Waals surface area contributed by atoms with Crippen LogP contribution < -0.4 is 0 Å². The Morgan fingerprint density at radius 1 is 1.40 bits per heavy atom. The number of aryl methyl sites for hydroxylation is 1. The molecule has 0 radical (unpaired) electrons. The highest BCUT2D eigenvalue weighted by Gasteiger charge is 2.25. The number of hydrogen-bond donors (Lipinski definition) is 0. The van der Waals surface area contributed by atoms with Gasteiger partial charge >= 0.3 is 0 Å². The van der Waals surface area contributed by atoms with Crippen molar-refractivity contribution >= 4 is 0 Å². The van der Waals surface area contributed by atoms with Crippen LogP contribution >= 0.6 is 0 Å². The fourth-order valence-electron chi connectivity index (χ4n) is 2.66. The van der Waals surface area contributed by atoms with Gasteiger partial charge < -0.3 is 4.42 Å². The molecular formula is C15H22N4O. The molecule has 0 spiro atoms. The molecule has 3 heterocycles. The molecule has 0 aliphatic carbocycles.